The molecular formula is C29H29BrClF2NO2. The van der Waals surface area contributed by atoms with E-state index in [1.54, 1.807) is 32.9 Å². The van der Waals surface area contributed by atoms with E-state index in [1.165, 1.54) is 12.1 Å². The van der Waals surface area contributed by atoms with Crippen LogP contribution in [0.1, 0.15) is 59.8 Å². The van der Waals surface area contributed by atoms with E-state index in [9.17, 15) is 9.18 Å². The van der Waals surface area contributed by atoms with Crippen LogP contribution in [0, 0.1) is 11.7 Å². The highest BCUT2D eigenvalue weighted by Crippen LogP contribution is 2.46. The second-order valence-corrected chi connectivity index (χ2v) is 11.1. The standard InChI is InChI=1S/C29H29BrClF2NO2/c1-4-36-28(35)20-7-5-6-19(12-20)27(18-8-10-24(31)11-9-18)34-16-22(17-34)26(29(2,3)33)21-13-23(30)15-25(32)14-21/h5-15,22,26-27H,4,16-17H2,1-3H3/t26-,27+/m1/s1. The van der Waals surface area contributed by atoms with Gasteiger partial charge in [0.05, 0.1) is 18.2 Å². The van der Waals surface area contributed by atoms with Crippen molar-refractivity contribution in [3.05, 3.63) is 104 Å². The summed E-state index contributed by atoms with van der Waals surface area (Å²) in [5.41, 5.74) is 1.54. The number of esters is 1. The topological polar surface area (TPSA) is 29.5 Å². The molecule has 2 atom stereocenters. The van der Waals surface area contributed by atoms with Gasteiger partial charge in [0, 0.05) is 28.5 Å². The fourth-order valence-corrected chi connectivity index (χ4v) is 5.87. The first-order chi connectivity index (χ1) is 17.1. The molecule has 0 aromatic heterocycles. The minimum atomic E-state index is -1.54. The van der Waals surface area contributed by atoms with Crippen molar-refractivity contribution in [2.75, 3.05) is 19.7 Å². The third-order valence-corrected chi connectivity index (χ3v) is 7.37. The van der Waals surface area contributed by atoms with Crippen molar-refractivity contribution in [2.24, 2.45) is 5.92 Å². The molecule has 1 heterocycles. The zero-order valence-electron chi connectivity index (χ0n) is 20.5. The number of nitrogens with zero attached hydrogens (tertiary/aromatic N) is 1. The Balaban J connectivity index is 1.66. The average molecular weight is 577 g/mol. The van der Waals surface area contributed by atoms with Gasteiger partial charge in [-0.15, -0.1) is 0 Å². The lowest BCUT2D eigenvalue weighted by Crippen LogP contribution is -2.53. The molecule has 1 saturated heterocycles. The second-order valence-electron chi connectivity index (χ2n) is 9.76. The van der Waals surface area contributed by atoms with Crippen molar-refractivity contribution in [3.63, 3.8) is 0 Å². The summed E-state index contributed by atoms with van der Waals surface area (Å²) in [5, 5.41) is 0.634. The maximum Gasteiger partial charge on any atom is 0.338 e. The number of ether oxygens (including phenoxy) is 1. The van der Waals surface area contributed by atoms with Crippen LogP contribution in [0.4, 0.5) is 8.78 Å². The van der Waals surface area contributed by atoms with E-state index in [4.69, 9.17) is 16.3 Å². The molecule has 36 heavy (non-hydrogen) atoms. The Morgan fingerprint density at radius 3 is 2.39 bits per heavy atom. The van der Waals surface area contributed by atoms with Gasteiger partial charge in [-0.1, -0.05) is 51.8 Å². The molecule has 3 nitrogen and oxygen atoms in total. The zero-order valence-corrected chi connectivity index (χ0v) is 22.8. The van der Waals surface area contributed by atoms with E-state index in [1.807, 2.05) is 42.5 Å². The summed E-state index contributed by atoms with van der Waals surface area (Å²) in [6.45, 7) is 6.41. The lowest BCUT2D eigenvalue weighted by Gasteiger charge is -2.50. The fourth-order valence-electron chi connectivity index (χ4n) is 5.26. The number of carbonyl (C=O) groups is 1. The van der Waals surface area contributed by atoms with Crippen LogP contribution in [-0.4, -0.2) is 36.2 Å². The van der Waals surface area contributed by atoms with Crippen molar-refractivity contribution < 1.29 is 18.3 Å². The molecule has 0 spiro atoms. The molecule has 0 radical (unpaired) electrons. The molecule has 190 valence electrons. The van der Waals surface area contributed by atoms with E-state index in [0.29, 0.717) is 40.3 Å². The van der Waals surface area contributed by atoms with Gasteiger partial charge in [0.1, 0.15) is 11.5 Å². The fraction of sp³-hybridized carbons (Fsp3) is 0.345. The number of halogens is 4. The molecule has 3 aromatic carbocycles. The predicted octanol–water partition coefficient (Wildman–Crippen LogP) is 7.97. The predicted molar refractivity (Wildman–Crippen MR) is 143 cm³/mol. The average Bonchev–Trinajstić information content (AvgIpc) is 2.77. The molecule has 1 aliphatic heterocycles. The van der Waals surface area contributed by atoms with Gasteiger partial charge in [-0.05, 0) is 85.8 Å². The maximum atomic E-state index is 15.5. The van der Waals surface area contributed by atoms with Crippen LogP contribution in [0.2, 0.25) is 5.02 Å². The number of benzene rings is 3. The molecule has 0 amide bonds. The SMILES string of the molecule is CCOC(=O)c1cccc([C@H](c2ccc(Cl)cc2)N2CC([C@@H](c3cc(F)cc(Br)c3)C(C)(C)F)C2)c1. The van der Waals surface area contributed by atoms with Gasteiger partial charge >= 0.3 is 5.97 Å². The van der Waals surface area contributed by atoms with Crippen molar-refractivity contribution in [1.29, 1.82) is 0 Å². The monoisotopic (exact) mass is 575 g/mol. The minimum absolute atomic E-state index is 0.0123. The van der Waals surface area contributed by atoms with E-state index in [2.05, 4.69) is 20.8 Å². The van der Waals surface area contributed by atoms with Crippen LogP contribution in [0.25, 0.3) is 0 Å². The Kier molecular flexibility index (Phi) is 8.18. The number of hydrogen-bond donors (Lipinski definition) is 0. The van der Waals surface area contributed by atoms with Crippen molar-refractivity contribution in [3.8, 4) is 0 Å². The summed E-state index contributed by atoms with van der Waals surface area (Å²) in [5.74, 6) is -1.24. The van der Waals surface area contributed by atoms with E-state index in [-0.39, 0.29) is 23.7 Å². The number of likely N-dealkylation sites (tertiary alicyclic amines) is 1. The third kappa shape index (κ3) is 5.99. The zero-order chi connectivity index (χ0) is 26.0. The summed E-state index contributed by atoms with van der Waals surface area (Å²) >= 11 is 9.50. The summed E-state index contributed by atoms with van der Waals surface area (Å²) in [6.07, 6.45) is 0. The summed E-state index contributed by atoms with van der Waals surface area (Å²) in [6, 6.07) is 19.5. The van der Waals surface area contributed by atoms with E-state index in [0.717, 1.165) is 11.1 Å². The molecule has 4 rings (SSSR count). The van der Waals surface area contributed by atoms with Crippen molar-refractivity contribution in [1.82, 2.24) is 4.90 Å². The summed E-state index contributed by atoms with van der Waals surface area (Å²) in [4.78, 5) is 14.6. The first-order valence-electron chi connectivity index (χ1n) is 12.0. The van der Waals surface area contributed by atoms with Crippen molar-refractivity contribution >= 4 is 33.5 Å². The Morgan fingerprint density at radius 2 is 1.78 bits per heavy atom. The highest BCUT2D eigenvalue weighted by Gasteiger charge is 2.45. The molecular weight excluding hydrogens is 548 g/mol. The lowest BCUT2D eigenvalue weighted by atomic mass is 9.72. The summed E-state index contributed by atoms with van der Waals surface area (Å²) < 4.78 is 35.5. The molecule has 0 unspecified atom stereocenters. The molecule has 3 aromatic rings. The van der Waals surface area contributed by atoms with Gasteiger partial charge in [0.15, 0.2) is 0 Å². The van der Waals surface area contributed by atoms with Gasteiger partial charge in [0.25, 0.3) is 0 Å². The molecule has 1 fully saturated rings. The minimum Gasteiger partial charge on any atom is -0.462 e. The molecule has 0 N–H and O–H groups in total. The Hall–Kier alpha value is -2.28. The van der Waals surface area contributed by atoms with Gasteiger partial charge in [-0.3, -0.25) is 4.90 Å². The van der Waals surface area contributed by atoms with Crippen LogP contribution < -0.4 is 0 Å². The number of hydrogen-bond acceptors (Lipinski definition) is 3. The first kappa shape index (κ1) is 26.8. The van der Waals surface area contributed by atoms with Crippen LogP contribution in [0.5, 0.6) is 0 Å². The van der Waals surface area contributed by atoms with Crippen molar-refractivity contribution in [2.45, 2.75) is 38.4 Å². The molecule has 0 bridgehead atoms. The first-order valence-corrected chi connectivity index (χ1v) is 13.2. The third-order valence-electron chi connectivity index (χ3n) is 6.66. The molecule has 7 heteroatoms. The lowest BCUT2D eigenvalue weighted by molar-refractivity contribution is 0.00805. The van der Waals surface area contributed by atoms with E-state index >= 15 is 4.39 Å². The van der Waals surface area contributed by atoms with Crippen LogP contribution in [0.3, 0.4) is 0 Å². The highest BCUT2D eigenvalue weighted by molar-refractivity contribution is 9.10. The normalized spacial score (nSPS) is 16.3. The number of rotatable bonds is 8. The molecule has 0 aliphatic carbocycles. The van der Waals surface area contributed by atoms with Crippen LogP contribution in [0.15, 0.2) is 71.2 Å². The Morgan fingerprint density at radius 1 is 1.08 bits per heavy atom. The van der Waals surface area contributed by atoms with Crippen LogP contribution in [-0.2, 0) is 4.74 Å². The van der Waals surface area contributed by atoms with Gasteiger partial charge in [0.2, 0.25) is 0 Å². The maximum absolute atomic E-state index is 15.5. The Bertz CT molecular complexity index is 1200. The quantitative estimate of drug-likeness (QED) is 0.255. The Labute approximate surface area is 224 Å². The molecule has 1 aliphatic rings. The van der Waals surface area contributed by atoms with Gasteiger partial charge < -0.3 is 4.74 Å². The second kappa shape index (κ2) is 11.0. The number of carbonyl (C=O) groups excluding carboxylic acids is 1. The summed E-state index contributed by atoms with van der Waals surface area (Å²) in [7, 11) is 0. The van der Waals surface area contributed by atoms with Gasteiger partial charge in [-0.2, -0.15) is 0 Å². The van der Waals surface area contributed by atoms with Crippen LogP contribution >= 0.6 is 27.5 Å². The van der Waals surface area contributed by atoms with Gasteiger partial charge in [-0.25, -0.2) is 13.6 Å². The smallest absolute Gasteiger partial charge is 0.338 e. The van der Waals surface area contributed by atoms with E-state index < -0.39 is 11.6 Å². The largest absolute Gasteiger partial charge is 0.462 e. The number of alkyl halides is 1. The molecule has 0 saturated carbocycles. The highest BCUT2D eigenvalue weighted by atomic mass is 79.9.